The Labute approximate surface area is 124 Å². The molecule has 0 atom stereocenters. The lowest BCUT2D eigenvalue weighted by Gasteiger charge is -2.10. The van der Waals surface area contributed by atoms with E-state index in [2.05, 4.69) is 10.6 Å². The first-order chi connectivity index (χ1) is 9.40. The third kappa shape index (κ3) is 5.59. The summed E-state index contributed by atoms with van der Waals surface area (Å²) in [7, 11) is 3.91. The first-order valence-corrected chi connectivity index (χ1v) is 6.78. The van der Waals surface area contributed by atoms with E-state index in [1.807, 2.05) is 25.9 Å². The van der Waals surface area contributed by atoms with E-state index < -0.39 is 11.8 Å². The Morgan fingerprint density at radius 2 is 1.95 bits per heavy atom. The van der Waals surface area contributed by atoms with E-state index in [-0.39, 0.29) is 0 Å². The fourth-order valence-corrected chi connectivity index (χ4v) is 1.72. The Morgan fingerprint density at radius 3 is 2.55 bits per heavy atom. The van der Waals surface area contributed by atoms with Gasteiger partial charge in [-0.3, -0.25) is 9.59 Å². The summed E-state index contributed by atoms with van der Waals surface area (Å²) in [5, 5.41) is 5.64. The molecule has 0 radical (unpaired) electrons. The molecular formula is C14H20ClN3O2. The van der Waals surface area contributed by atoms with Crippen LogP contribution in [-0.2, 0) is 9.59 Å². The molecule has 0 spiro atoms. The van der Waals surface area contributed by atoms with Crippen molar-refractivity contribution in [1.29, 1.82) is 0 Å². The van der Waals surface area contributed by atoms with E-state index in [0.29, 0.717) is 17.3 Å². The van der Waals surface area contributed by atoms with Gasteiger partial charge >= 0.3 is 11.8 Å². The van der Waals surface area contributed by atoms with Gasteiger partial charge < -0.3 is 15.5 Å². The summed E-state index contributed by atoms with van der Waals surface area (Å²) in [6.07, 6.45) is 0.794. The van der Waals surface area contributed by atoms with Crippen molar-refractivity contribution in [1.82, 2.24) is 10.2 Å². The van der Waals surface area contributed by atoms with Gasteiger partial charge in [-0.2, -0.15) is 0 Å². The van der Waals surface area contributed by atoms with E-state index in [9.17, 15) is 9.59 Å². The number of nitrogens with one attached hydrogen (secondary N) is 2. The summed E-state index contributed by atoms with van der Waals surface area (Å²) in [6, 6.07) is 5.11. The molecule has 0 unspecified atom stereocenters. The molecule has 0 aliphatic rings. The smallest absolute Gasteiger partial charge is 0.313 e. The number of nitrogens with zero attached hydrogens (tertiary/aromatic N) is 1. The standard InChI is InChI=1S/C14H20ClN3O2/c1-10-5-6-11(9-12(10)15)17-14(20)13(19)16-7-4-8-18(2)3/h5-6,9H,4,7-8H2,1-3H3,(H,16,19)(H,17,20). The maximum absolute atomic E-state index is 11.7. The summed E-state index contributed by atoms with van der Waals surface area (Å²) in [5.74, 6) is -1.32. The predicted octanol–water partition coefficient (Wildman–Crippen LogP) is 1.65. The van der Waals surface area contributed by atoms with Crippen LogP contribution in [0.15, 0.2) is 18.2 Å². The van der Waals surface area contributed by atoms with Gasteiger partial charge in [0.2, 0.25) is 0 Å². The van der Waals surface area contributed by atoms with Gasteiger partial charge in [-0.05, 0) is 51.7 Å². The van der Waals surface area contributed by atoms with E-state index in [0.717, 1.165) is 18.5 Å². The number of benzene rings is 1. The lowest BCUT2D eigenvalue weighted by Crippen LogP contribution is -2.36. The quantitative estimate of drug-likeness (QED) is 0.642. The Kier molecular flexibility index (Phi) is 6.48. The molecule has 0 aliphatic heterocycles. The zero-order chi connectivity index (χ0) is 15.1. The Balaban J connectivity index is 2.41. The van der Waals surface area contributed by atoms with Crippen molar-refractivity contribution in [3.8, 4) is 0 Å². The zero-order valence-electron chi connectivity index (χ0n) is 12.0. The van der Waals surface area contributed by atoms with Crippen molar-refractivity contribution in [2.75, 3.05) is 32.5 Å². The van der Waals surface area contributed by atoms with Gasteiger partial charge in [0.05, 0.1) is 0 Å². The molecule has 2 amide bonds. The average molecular weight is 298 g/mol. The molecule has 1 rings (SSSR count). The number of rotatable bonds is 5. The van der Waals surface area contributed by atoms with Gasteiger partial charge in [0.15, 0.2) is 0 Å². The van der Waals surface area contributed by atoms with Crippen LogP contribution in [0.5, 0.6) is 0 Å². The molecule has 5 nitrogen and oxygen atoms in total. The Hall–Kier alpha value is -1.59. The highest BCUT2D eigenvalue weighted by atomic mass is 35.5. The number of hydrogen-bond acceptors (Lipinski definition) is 3. The monoisotopic (exact) mass is 297 g/mol. The van der Waals surface area contributed by atoms with Crippen molar-refractivity contribution in [2.24, 2.45) is 0 Å². The minimum atomic E-state index is -0.685. The van der Waals surface area contributed by atoms with Crippen LogP contribution in [0.1, 0.15) is 12.0 Å². The normalized spacial score (nSPS) is 10.4. The molecule has 2 N–H and O–H groups in total. The van der Waals surface area contributed by atoms with Crippen LogP contribution in [0, 0.1) is 6.92 Å². The maximum atomic E-state index is 11.7. The molecule has 0 bridgehead atoms. The summed E-state index contributed by atoms with van der Waals surface area (Å²) in [6.45, 7) is 3.19. The molecule has 0 saturated carbocycles. The summed E-state index contributed by atoms with van der Waals surface area (Å²) >= 11 is 5.95. The van der Waals surface area contributed by atoms with Gasteiger partial charge in [-0.1, -0.05) is 17.7 Å². The van der Waals surface area contributed by atoms with Crippen molar-refractivity contribution in [2.45, 2.75) is 13.3 Å². The molecule has 1 aromatic carbocycles. The van der Waals surface area contributed by atoms with Gasteiger partial charge in [0.25, 0.3) is 0 Å². The van der Waals surface area contributed by atoms with Gasteiger partial charge in [0, 0.05) is 17.3 Å². The fraction of sp³-hybridized carbons (Fsp3) is 0.429. The lowest BCUT2D eigenvalue weighted by molar-refractivity contribution is -0.136. The third-order valence-corrected chi connectivity index (χ3v) is 3.11. The molecule has 110 valence electrons. The number of hydrogen-bond donors (Lipinski definition) is 2. The lowest BCUT2D eigenvalue weighted by atomic mass is 10.2. The number of halogens is 1. The van der Waals surface area contributed by atoms with Crippen LogP contribution >= 0.6 is 11.6 Å². The largest absolute Gasteiger partial charge is 0.348 e. The highest BCUT2D eigenvalue weighted by molar-refractivity contribution is 6.39. The second kappa shape index (κ2) is 7.87. The van der Waals surface area contributed by atoms with E-state index in [4.69, 9.17) is 11.6 Å². The number of carbonyl (C=O) groups is 2. The van der Waals surface area contributed by atoms with Crippen molar-refractivity contribution in [3.63, 3.8) is 0 Å². The number of anilines is 1. The van der Waals surface area contributed by atoms with Crippen LogP contribution in [0.3, 0.4) is 0 Å². The van der Waals surface area contributed by atoms with Gasteiger partial charge in [0.1, 0.15) is 0 Å². The molecule has 0 heterocycles. The fourth-order valence-electron chi connectivity index (χ4n) is 1.54. The topological polar surface area (TPSA) is 61.4 Å². The minimum Gasteiger partial charge on any atom is -0.348 e. The van der Waals surface area contributed by atoms with E-state index >= 15 is 0 Å². The SMILES string of the molecule is Cc1ccc(NC(=O)C(=O)NCCCN(C)C)cc1Cl. The molecule has 20 heavy (non-hydrogen) atoms. The van der Waals surface area contributed by atoms with Gasteiger partial charge in [-0.25, -0.2) is 0 Å². The summed E-state index contributed by atoms with van der Waals surface area (Å²) in [5.41, 5.74) is 1.42. The molecule has 0 saturated heterocycles. The molecule has 0 fully saturated rings. The molecule has 6 heteroatoms. The van der Waals surface area contributed by atoms with E-state index in [1.165, 1.54) is 0 Å². The van der Waals surface area contributed by atoms with Crippen molar-refractivity contribution < 1.29 is 9.59 Å². The van der Waals surface area contributed by atoms with Crippen LogP contribution in [-0.4, -0.2) is 43.9 Å². The number of amides is 2. The summed E-state index contributed by atoms with van der Waals surface area (Å²) < 4.78 is 0. The number of carbonyl (C=O) groups excluding carboxylic acids is 2. The third-order valence-electron chi connectivity index (χ3n) is 2.70. The summed E-state index contributed by atoms with van der Waals surface area (Å²) in [4.78, 5) is 25.2. The van der Waals surface area contributed by atoms with Crippen LogP contribution in [0.25, 0.3) is 0 Å². The maximum Gasteiger partial charge on any atom is 0.313 e. The zero-order valence-corrected chi connectivity index (χ0v) is 12.8. The molecule has 0 aliphatic carbocycles. The second-order valence-corrected chi connectivity index (χ2v) is 5.24. The Bertz CT molecular complexity index is 489. The van der Waals surface area contributed by atoms with Crippen molar-refractivity contribution >= 4 is 29.1 Å². The Morgan fingerprint density at radius 1 is 1.25 bits per heavy atom. The van der Waals surface area contributed by atoms with Gasteiger partial charge in [-0.15, -0.1) is 0 Å². The van der Waals surface area contributed by atoms with Crippen LogP contribution < -0.4 is 10.6 Å². The highest BCUT2D eigenvalue weighted by Crippen LogP contribution is 2.19. The number of aryl methyl sites for hydroxylation is 1. The van der Waals surface area contributed by atoms with Crippen LogP contribution in [0.4, 0.5) is 5.69 Å². The van der Waals surface area contributed by atoms with E-state index in [1.54, 1.807) is 18.2 Å². The molecule has 0 aromatic heterocycles. The minimum absolute atomic E-state index is 0.471. The molecule has 1 aromatic rings. The average Bonchev–Trinajstić information content (AvgIpc) is 2.38. The second-order valence-electron chi connectivity index (χ2n) is 4.83. The predicted molar refractivity (Wildman–Crippen MR) is 81.0 cm³/mol. The van der Waals surface area contributed by atoms with Crippen molar-refractivity contribution in [3.05, 3.63) is 28.8 Å². The molecular weight excluding hydrogens is 278 g/mol. The highest BCUT2D eigenvalue weighted by Gasteiger charge is 2.13. The van der Waals surface area contributed by atoms with Crippen LogP contribution in [0.2, 0.25) is 5.02 Å². The first kappa shape index (κ1) is 16.5. The first-order valence-electron chi connectivity index (χ1n) is 6.40.